The van der Waals surface area contributed by atoms with Gasteiger partial charge < -0.3 is 9.80 Å². The fourth-order valence-corrected chi connectivity index (χ4v) is 16.3. The number of hydrogen-bond donors (Lipinski definition) is 0. The lowest BCUT2D eigenvalue weighted by molar-refractivity contribution is 0.568. The Morgan fingerprint density at radius 1 is 0.183 bits per heavy atom. The molecule has 0 bridgehead atoms. The van der Waals surface area contributed by atoms with Gasteiger partial charge in [0.2, 0.25) is 0 Å². The molecule has 13 aromatic carbocycles. The van der Waals surface area contributed by atoms with Crippen LogP contribution in [0.3, 0.4) is 0 Å². The van der Waals surface area contributed by atoms with Crippen molar-refractivity contribution >= 4 is 57.2 Å². The van der Waals surface area contributed by atoms with E-state index in [1.807, 2.05) is 0 Å². The van der Waals surface area contributed by atoms with Crippen LogP contribution in [0, 0.1) is 0 Å². The van der Waals surface area contributed by atoms with Gasteiger partial charge in [-0.1, -0.05) is 364 Å². The second kappa shape index (κ2) is 27.3. The van der Waals surface area contributed by atoms with Crippen molar-refractivity contribution < 1.29 is 0 Å². The first-order valence-corrected chi connectivity index (χ1v) is 39.6. The van der Waals surface area contributed by atoms with E-state index in [1.54, 1.807) is 0 Å². The first kappa shape index (κ1) is 74.0. The highest BCUT2D eigenvalue weighted by Crippen LogP contribution is 2.56. The molecule has 2 aliphatic heterocycles. The molecule has 15 rings (SSSR count). The van der Waals surface area contributed by atoms with Gasteiger partial charge >= 0.3 is 0 Å². The quantitative estimate of drug-likeness (QED) is 0.126. The summed E-state index contributed by atoms with van der Waals surface area (Å²) in [7, 11) is 0. The van der Waals surface area contributed by atoms with E-state index in [0.717, 1.165) is 45.0 Å². The fraction of sp³-hybridized carbons (Fsp3) is 0.264. The molecule has 0 fully saturated rings. The maximum Gasteiger partial charge on any atom is 0.252 e. The Bertz CT molecular complexity index is 5220. The summed E-state index contributed by atoms with van der Waals surface area (Å²) in [5.41, 5.74) is 37.8. The van der Waals surface area contributed by atoms with Gasteiger partial charge in [0.15, 0.2) is 0 Å². The van der Waals surface area contributed by atoms with Crippen molar-refractivity contribution in [2.75, 3.05) is 9.80 Å². The molecule has 109 heavy (non-hydrogen) atoms. The lowest BCUT2D eigenvalue weighted by Crippen LogP contribution is -2.61. The van der Waals surface area contributed by atoms with Crippen molar-refractivity contribution in [3.63, 3.8) is 0 Å². The molecule has 2 nitrogen and oxygen atoms in total. The van der Waals surface area contributed by atoms with Gasteiger partial charge in [0.1, 0.15) is 0 Å². The minimum atomic E-state index is -0.320. The van der Waals surface area contributed by atoms with Crippen LogP contribution in [0.5, 0.6) is 0 Å². The van der Waals surface area contributed by atoms with Crippen molar-refractivity contribution in [2.45, 2.75) is 183 Å². The Kier molecular flexibility index (Phi) is 18.5. The van der Waals surface area contributed by atoms with Crippen LogP contribution >= 0.6 is 0 Å². The number of anilines is 6. The van der Waals surface area contributed by atoms with Crippen LogP contribution in [-0.4, -0.2) is 6.71 Å². The Labute approximate surface area is 653 Å². The maximum atomic E-state index is 2.75. The Morgan fingerprint density at radius 2 is 0.431 bits per heavy atom. The van der Waals surface area contributed by atoms with Crippen LogP contribution in [0.2, 0.25) is 0 Å². The van der Waals surface area contributed by atoms with E-state index < -0.39 is 0 Å². The monoisotopic (exact) mass is 1420 g/mol. The third-order valence-corrected chi connectivity index (χ3v) is 23.1. The normalized spacial score (nSPS) is 13.3. The lowest BCUT2D eigenvalue weighted by Gasteiger charge is -2.47. The average molecular weight is 1420 g/mol. The number of rotatable bonds is 10. The van der Waals surface area contributed by atoms with E-state index in [4.69, 9.17) is 0 Å². The first-order chi connectivity index (χ1) is 51.4. The summed E-state index contributed by atoms with van der Waals surface area (Å²) in [6, 6.07) is 109. The molecule has 0 radical (unpaired) electrons. The number of hydrogen-bond acceptors (Lipinski definition) is 2. The average Bonchev–Trinajstić information content (AvgIpc) is 0.687. The molecule has 0 spiro atoms. The van der Waals surface area contributed by atoms with Crippen molar-refractivity contribution in [2.24, 2.45) is 0 Å². The summed E-state index contributed by atoms with van der Waals surface area (Å²) < 4.78 is 0. The number of fused-ring (bicyclic) bond motifs is 4. The van der Waals surface area contributed by atoms with Crippen LogP contribution < -0.4 is 26.2 Å². The molecule has 0 amide bonds. The van der Waals surface area contributed by atoms with Crippen molar-refractivity contribution in [1.82, 2.24) is 0 Å². The Morgan fingerprint density at radius 3 is 0.734 bits per heavy atom. The molecule has 0 unspecified atom stereocenters. The van der Waals surface area contributed by atoms with Gasteiger partial charge in [0.25, 0.3) is 6.71 Å². The molecule has 2 heterocycles. The van der Waals surface area contributed by atoms with Gasteiger partial charge in [-0.2, -0.15) is 0 Å². The van der Waals surface area contributed by atoms with Crippen molar-refractivity contribution in [3.05, 3.63) is 318 Å². The van der Waals surface area contributed by atoms with E-state index in [9.17, 15) is 0 Å². The molecule has 0 atom stereocenters. The molecule has 0 aliphatic carbocycles. The van der Waals surface area contributed by atoms with E-state index in [1.165, 1.54) is 133 Å². The molecular weight excluding hydrogens is 1310 g/mol. The van der Waals surface area contributed by atoms with Gasteiger partial charge in [-0.15, -0.1) is 0 Å². The van der Waals surface area contributed by atoms with Crippen LogP contribution in [0.4, 0.5) is 34.1 Å². The molecule has 0 saturated carbocycles. The third kappa shape index (κ3) is 14.3. The first-order valence-electron chi connectivity index (χ1n) is 39.6. The van der Waals surface area contributed by atoms with Crippen molar-refractivity contribution in [3.8, 4) is 89.0 Å². The summed E-state index contributed by atoms with van der Waals surface area (Å²) in [6.45, 7) is 49.4. The van der Waals surface area contributed by atoms with Crippen LogP contribution in [-0.2, 0) is 37.9 Å². The molecule has 3 heteroatoms. The topological polar surface area (TPSA) is 6.48 Å². The Balaban J connectivity index is 1.11. The molecule has 0 aromatic heterocycles. The standard InChI is InChI=1S/C106H109BN2/c1-100(2,3)80-54-78(55-81(60-80)101(4,5)6)72-44-34-46-76(52-72)89-64-84(104(13,14)15)62-87(70-40-30-24-31-41-70)98(89)108-93-50-48-74(68-36-26-22-27-37-68)58-91(93)107-92-59-75(69-38-28-23-29-39-69)49-51-94(92)109(96-67-86(106(19,20)21)66-95(108)97(96)107)99-88(71-42-32-25-33-43-71)63-85(105(16,17)18)65-90(99)77-47-35-45-73(53-77)79-56-82(102(7,8)9)61-83(57-79)103(10,11)12/h22-67H,1-21H3. The number of nitrogens with zero attached hydrogens (tertiary/aromatic N) is 2. The van der Waals surface area contributed by atoms with Crippen LogP contribution in [0.15, 0.2) is 279 Å². The van der Waals surface area contributed by atoms with E-state index in [2.05, 4.69) is 434 Å². The Hall–Kier alpha value is -10.5. The summed E-state index contributed by atoms with van der Waals surface area (Å²) in [6.07, 6.45) is 0. The second-order valence-corrected chi connectivity index (χ2v) is 38.4. The maximum absolute atomic E-state index is 2.75. The lowest BCUT2D eigenvalue weighted by atomic mass is 9.33. The largest absolute Gasteiger partial charge is 0.310 e. The minimum absolute atomic E-state index is 0.0617. The van der Waals surface area contributed by atoms with Gasteiger partial charge in [-0.25, -0.2) is 0 Å². The van der Waals surface area contributed by atoms with Crippen LogP contribution in [0.25, 0.3) is 89.0 Å². The highest BCUT2D eigenvalue weighted by molar-refractivity contribution is 7.00. The highest BCUT2D eigenvalue weighted by Gasteiger charge is 2.47. The van der Waals surface area contributed by atoms with E-state index in [-0.39, 0.29) is 44.6 Å². The second-order valence-electron chi connectivity index (χ2n) is 38.4. The molecule has 546 valence electrons. The van der Waals surface area contributed by atoms with Gasteiger partial charge in [-0.3, -0.25) is 0 Å². The van der Waals surface area contributed by atoms with Gasteiger partial charge in [-0.05, 0) is 221 Å². The summed E-state index contributed by atoms with van der Waals surface area (Å²) in [5.74, 6) is 0. The molecule has 2 aliphatic rings. The predicted molar refractivity (Wildman–Crippen MR) is 475 cm³/mol. The minimum Gasteiger partial charge on any atom is -0.310 e. The van der Waals surface area contributed by atoms with E-state index >= 15 is 0 Å². The van der Waals surface area contributed by atoms with Crippen molar-refractivity contribution in [1.29, 1.82) is 0 Å². The fourth-order valence-electron chi connectivity index (χ4n) is 16.3. The van der Waals surface area contributed by atoms with Crippen LogP contribution in [0.1, 0.15) is 184 Å². The van der Waals surface area contributed by atoms with E-state index in [0.29, 0.717) is 0 Å². The van der Waals surface area contributed by atoms with Gasteiger partial charge in [0.05, 0.1) is 11.4 Å². The number of benzene rings is 13. The zero-order valence-electron chi connectivity index (χ0n) is 68.5. The third-order valence-electron chi connectivity index (χ3n) is 23.1. The smallest absolute Gasteiger partial charge is 0.252 e. The summed E-state index contributed by atoms with van der Waals surface area (Å²) in [4.78, 5) is 5.49. The summed E-state index contributed by atoms with van der Waals surface area (Å²) in [5, 5.41) is 0. The zero-order valence-corrected chi connectivity index (χ0v) is 68.5. The molecule has 13 aromatic rings. The zero-order chi connectivity index (χ0) is 77.2. The SMILES string of the molecule is CC(C)(C)c1cc(-c2cccc(-c3cc(C(C)(C)C)cc(-c4ccccc4)c3N3c4ccc(-c5ccccc5)cc4B4c5cc(-c6ccccc6)ccc5N(c5c(-c6ccccc6)cc(C(C)(C)C)cc5-c5cccc(-c6cc(C(C)(C)C)cc(C(C)(C)C)c6)c5)c5cc(C(C)(C)C)cc3c54)c2)cc(C(C)(C)C)c1. The molecule has 0 saturated heterocycles. The highest BCUT2D eigenvalue weighted by atomic mass is 15.2. The molecule has 0 N–H and O–H groups in total. The summed E-state index contributed by atoms with van der Waals surface area (Å²) >= 11 is 0. The predicted octanol–water partition coefficient (Wildman–Crippen LogP) is 28.2. The van der Waals surface area contributed by atoms with Gasteiger partial charge in [0, 0.05) is 45.0 Å². The molecular formula is C106H109BN2.